The predicted molar refractivity (Wildman–Crippen MR) is 47.1 cm³/mol. The third-order valence-corrected chi connectivity index (χ3v) is 2.36. The van der Waals surface area contributed by atoms with Crippen LogP contribution in [-0.2, 0) is 0 Å². The second-order valence-electron chi connectivity index (χ2n) is 3.18. The number of nitrogens with zero attached hydrogens (tertiary/aromatic N) is 2. The van der Waals surface area contributed by atoms with E-state index in [1.165, 1.54) is 12.0 Å². The van der Waals surface area contributed by atoms with Gasteiger partial charge in [-0.3, -0.25) is 10.8 Å². The van der Waals surface area contributed by atoms with E-state index in [0.29, 0.717) is 6.04 Å². The van der Waals surface area contributed by atoms with Crippen LogP contribution in [0, 0.1) is 0 Å². The molecule has 64 valence electrons. The van der Waals surface area contributed by atoms with Crippen LogP contribution >= 0.6 is 0 Å². The third kappa shape index (κ3) is 1.33. The summed E-state index contributed by atoms with van der Waals surface area (Å²) in [5.41, 5.74) is 1.23. The summed E-state index contributed by atoms with van der Waals surface area (Å²) in [4.78, 5) is 4.08. The molecule has 12 heavy (non-hydrogen) atoms. The summed E-state index contributed by atoms with van der Waals surface area (Å²) in [6.45, 7) is 1.000. The molecule has 3 nitrogen and oxygen atoms in total. The van der Waals surface area contributed by atoms with E-state index >= 15 is 0 Å². The third-order valence-electron chi connectivity index (χ3n) is 2.36. The Morgan fingerprint density at radius 3 is 3.08 bits per heavy atom. The zero-order valence-electron chi connectivity index (χ0n) is 6.98. The van der Waals surface area contributed by atoms with Crippen molar-refractivity contribution in [3.8, 4) is 0 Å². The Morgan fingerprint density at radius 1 is 1.58 bits per heavy atom. The number of aromatic nitrogens is 1. The van der Waals surface area contributed by atoms with Gasteiger partial charge < -0.3 is 0 Å². The Morgan fingerprint density at radius 2 is 2.50 bits per heavy atom. The predicted octanol–water partition coefficient (Wildman–Crippen LogP) is 1.09. The van der Waals surface area contributed by atoms with E-state index in [9.17, 15) is 0 Å². The van der Waals surface area contributed by atoms with Crippen molar-refractivity contribution >= 4 is 0 Å². The molecule has 0 unspecified atom stereocenters. The van der Waals surface area contributed by atoms with Crippen molar-refractivity contribution in [1.29, 1.82) is 0 Å². The first-order valence-corrected chi connectivity index (χ1v) is 4.29. The van der Waals surface area contributed by atoms with E-state index in [1.54, 1.807) is 6.20 Å². The zero-order valence-corrected chi connectivity index (χ0v) is 6.98. The van der Waals surface area contributed by atoms with Gasteiger partial charge >= 0.3 is 0 Å². The highest BCUT2D eigenvalue weighted by Crippen LogP contribution is 2.27. The number of hydrogen-bond donors (Lipinski definition) is 1. The van der Waals surface area contributed by atoms with Crippen molar-refractivity contribution in [2.75, 3.05) is 6.54 Å². The van der Waals surface area contributed by atoms with Crippen LogP contribution in [0.5, 0.6) is 0 Å². The fourth-order valence-corrected chi connectivity index (χ4v) is 1.72. The summed E-state index contributed by atoms with van der Waals surface area (Å²) >= 11 is 0. The van der Waals surface area contributed by atoms with Gasteiger partial charge in [-0.2, -0.15) is 0 Å². The Bertz CT molecular complexity index is 247. The Kier molecular flexibility index (Phi) is 2.06. The monoisotopic (exact) mass is 163 g/mol. The number of pyridine rings is 1. The van der Waals surface area contributed by atoms with Crippen LogP contribution in [0.25, 0.3) is 0 Å². The van der Waals surface area contributed by atoms with Crippen molar-refractivity contribution in [2.45, 2.75) is 18.9 Å². The highest BCUT2D eigenvalue weighted by molar-refractivity contribution is 5.14. The Balaban J connectivity index is 2.19. The molecule has 1 atom stereocenters. The molecule has 2 heterocycles. The molecule has 0 radical (unpaired) electrons. The Hall–Kier alpha value is -0.930. The van der Waals surface area contributed by atoms with Gasteiger partial charge in [-0.15, -0.1) is 0 Å². The molecule has 0 spiro atoms. The first-order valence-electron chi connectivity index (χ1n) is 4.29. The molecule has 0 aliphatic carbocycles. The molecule has 0 saturated carbocycles. The lowest BCUT2D eigenvalue weighted by Gasteiger charge is -2.18. The summed E-state index contributed by atoms with van der Waals surface area (Å²) in [7, 11) is 0. The lowest BCUT2D eigenvalue weighted by molar-refractivity contribution is 0.266. The van der Waals surface area contributed by atoms with Crippen molar-refractivity contribution in [3.63, 3.8) is 0 Å². The molecule has 2 rings (SSSR count). The minimum absolute atomic E-state index is 0.388. The lowest BCUT2D eigenvalue weighted by Crippen LogP contribution is -2.30. The van der Waals surface area contributed by atoms with Gasteiger partial charge in [0.05, 0.1) is 6.04 Å². The number of rotatable bonds is 1. The van der Waals surface area contributed by atoms with E-state index < -0.39 is 0 Å². The molecular formula is C9H13N3. The van der Waals surface area contributed by atoms with E-state index in [-0.39, 0.29) is 0 Å². The molecule has 1 aromatic heterocycles. The van der Waals surface area contributed by atoms with E-state index in [2.05, 4.69) is 11.1 Å². The minimum atomic E-state index is 0.388. The van der Waals surface area contributed by atoms with Gasteiger partial charge in [0, 0.05) is 18.9 Å². The fourth-order valence-electron chi connectivity index (χ4n) is 1.72. The van der Waals surface area contributed by atoms with Crippen molar-refractivity contribution in [1.82, 2.24) is 9.99 Å². The standard InChI is InChI=1S/C9H13N3/c10-12-6-2-4-9(12)8-3-1-5-11-7-8/h1,3,5,7,9H,2,4,6,10H2/t9-/m0/s1. The molecular weight excluding hydrogens is 150 g/mol. The highest BCUT2D eigenvalue weighted by atomic mass is 15.4. The first-order chi connectivity index (χ1) is 5.88. The van der Waals surface area contributed by atoms with Crippen LogP contribution in [0.3, 0.4) is 0 Å². The lowest BCUT2D eigenvalue weighted by atomic mass is 10.1. The van der Waals surface area contributed by atoms with Gasteiger partial charge in [-0.25, -0.2) is 5.01 Å². The summed E-state index contributed by atoms with van der Waals surface area (Å²) in [5, 5.41) is 1.90. The number of hydrogen-bond acceptors (Lipinski definition) is 3. The molecule has 0 aromatic carbocycles. The normalized spacial score (nSPS) is 24.6. The van der Waals surface area contributed by atoms with E-state index in [0.717, 1.165) is 13.0 Å². The van der Waals surface area contributed by atoms with E-state index in [1.807, 2.05) is 17.3 Å². The topological polar surface area (TPSA) is 42.1 Å². The smallest absolute Gasteiger partial charge is 0.0506 e. The van der Waals surface area contributed by atoms with Gasteiger partial charge in [0.15, 0.2) is 0 Å². The maximum Gasteiger partial charge on any atom is 0.0506 e. The quantitative estimate of drug-likeness (QED) is 0.630. The van der Waals surface area contributed by atoms with Crippen LogP contribution in [0.2, 0.25) is 0 Å². The minimum Gasteiger partial charge on any atom is -0.268 e. The molecule has 1 aliphatic heterocycles. The zero-order chi connectivity index (χ0) is 8.39. The maximum atomic E-state index is 5.82. The second-order valence-corrected chi connectivity index (χ2v) is 3.18. The van der Waals surface area contributed by atoms with Crippen LogP contribution in [-0.4, -0.2) is 16.5 Å². The van der Waals surface area contributed by atoms with Gasteiger partial charge in [0.1, 0.15) is 0 Å². The summed E-state index contributed by atoms with van der Waals surface area (Å²) < 4.78 is 0. The van der Waals surface area contributed by atoms with Crippen LogP contribution in [0.4, 0.5) is 0 Å². The summed E-state index contributed by atoms with van der Waals surface area (Å²) in [5.74, 6) is 5.82. The van der Waals surface area contributed by atoms with Crippen LogP contribution < -0.4 is 5.84 Å². The Labute approximate surface area is 72.2 Å². The van der Waals surface area contributed by atoms with Gasteiger partial charge in [-0.05, 0) is 24.5 Å². The van der Waals surface area contributed by atoms with Crippen molar-refractivity contribution in [2.24, 2.45) is 5.84 Å². The molecule has 3 heteroatoms. The van der Waals surface area contributed by atoms with E-state index in [4.69, 9.17) is 5.84 Å². The summed E-state index contributed by atoms with van der Waals surface area (Å²) in [6.07, 6.45) is 6.04. The molecule has 1 fully saturated rings. The number of hydrazine groups is 1. The number of nitrogens with two attached hydrogens (primary N) is 1. The molecule has 1 saturated heterocycles. The molecule has 1 aromatic rings. The van der Waals surface area contributed by atoms with Crippen molar-refractivity contribution < 1.29 is 0 Å². The van der Waals surface area contributed by atoms with Crippen LogP contribution in [0.1, 0.15) is 24.4 Å². The van der Waals surface area contributed by atoms with Gasteiger partial charge in [0.25, 0.3) is 0 Å². The van der Waals surface area contributed by atoms with Gasteiger partial charge in [0.2, 0.25) is 0 Å². The first kappa shape index (κ1) is 7.71. The van der Waals surface area contributed by atoms with Gasteiger partial charge in [-0.1, -0.05) is 6.07 Å². The molecule has 2 N–H and O–H groups in total. The molecule has 0 amide bonds. The summed E-state index contributed by atoms with van der Waals surface area (Å²) in [6, 6.07) is 4.43. The SMILES string of the molecule is NN1CCC[C@H]1c1cccnc1. The second kappa shape index (κ2) is 3.21. The highest BCUT2D eigenvalue weighted by Gasteiger charge is 2.22. The molecule has 1 aliphatic rings. The van der Waals surface area contributed by atoms with Crippen LogP contribution in [0.15, 0.2) is 24.5 Å². The average molecular weight is 163 g/mol. The largest absolute Gasteiger partial charge is 0.268 e. The fraction of sp³-hybridized carbons (Fsp3) is 0.444. The molecule has 0 bridgehead atoms. The average Bonchev–Trinajstić information content (AvgIpc) is 2.53. The van der Waals surface area contributed by atoms with Crippen molar-refractivity contribution in [3.05, 3.63) is 30.1 Å². The maximum absolute atomic E-state index is 5.82.